The van der Waals surface area contributed by atoms with Crippen LogP contribution in [0.3, 0.4) is 0 Å². The third-order valence-electron chi connectivity index (χ3n) is 5.05. The van der Waals surface area contributed by atoms with Crippen molar-refractivity contribution in [2.75, 3.05) is 13.2 Å². The molecule has 0 fully saturated rings. The highest BCUT2D eigenvalue weighted by atomic mass is 16.5. The van der Waals surface area contributed by atoms with Gasteiger partial charge in [-0.15, -0.1) is 0 Å². The molecule has 0 spiro atoms. The van der Waals surface area contributed by atoms with Gasteiger partial charge in [-0.05, 0) is 67.3 Å². The molecule has 0 saturated carbocycles. The lowest BCUT2D eigenvalue weighted by Crippen LogP contribution is -2.27. The maximum atomic E-state index is 10.1. The molecule has 1 unspecified atom stereocenters. The van der Waals surface area contributed by atoms with Gasteiger partial charge in [-0.1, -0.05) is 49.4 Å². The highest BCUT2D eigenvalue weighted by Gasteiger charge is 2.25. The second kappa shape index (κ2) is 9.43. The van der Waals surface area contributed by atoms with Gasteiger partial charge in [0, 0.05) is 5.41 Å². The van der Waals surface area contributed by atoms with Gasteiger partial charge in [0.15, 0.2) is 0 Å². The first-order valence-electron chi connectivity index (χ1n) is 9.79. The lowest BCUT2D eigenvalue weighted by atomic mass is 9.78. The monoisotopic (exact) mass is 376 g/mol. The summed E-state index contributed by atoms with van der Waals surface area (Å²) in [5, 5.41) is 10.1. The Morgan fingerprint density at radius 1 is 0.821 bits per heavy atom. The van der Waals surface area contributed by atoms with Crippen LogP contribution in [0.25, 0.3) is 0 Å². The largest absolute Gasteiger partial charge is 0.494 e. The molecular formula is C25H28O3. The normalized spacial score (nSPS) is 13.0. The van der Waals surface area contributed by atoms with Crippen molar-refractivity contribution in [3.8, 4) is 17.2 Å². The SMILES string of the molecule is CCOc1ccc(C(C)(CO)CCc2cccc(Oc3ccccc3)c2)cc1. The van der Waals surface area contributed by atoms with E-state index in [1.807, 2.05) is 61.5 Å². The standard InChI is InChI=1S/C25H28O3/c1-3-27-22-14-12-21(13-15-22)25(2,19-26)17-16-20-8-7-11-24(18-20)28-23-9-5-4-6-10-23/h4-15,18,26H,3,16-17,19H2,1-2H3. The molecule has 0 amide bonds. The van der Waals surface area contributed by atoms with Gasteiger partial charge in [-0.2, -0.15) is 0 Å². The Bertz CT molecular complexity index is 858. The van der Waals surface area contributed by atoms with E-state index in [1.165, 1.54) is 5.56 Å². The van der Waals surface area contributed by atoms with Gasteiger partial charge < -0.3 is 14.6 Å². The average Bonchev–Trinajstić information content (AvgIpc) is 2.74. The summed E-state index contributed by atoms with van der Waals surface area (Å²) in [4.78, 5) is 0. The quantitative estimate of drug-likeness (QED) is 0.516. The minimum Gasteiger partial charge on any atom is -0.494 e. The molecule has 0 aliphatic rings. The summed E-state index contributed by atoms with van der Waals surface area (Å²) >= 11 is 0. The average molecular weight is 376 g/mol. The van der Waals surface area contributed by atoms with Crippen LogP contribution in [0.5, 0.6) is 17.2 Å². The molecule has 0 aromatic heterocycles. The van der Waals surface area contributed by atoms with E-state index in [0.717, 1.165) is 35.7 Å². The molecule has 0 aliphatic carbocycles. The molecule has 0 bridgehead atoms. The van der Waals surface area contributed by atoms with Crippen LogP contribution in [0.4, 0.5) is 0 Å². The second-order valence-electron chi connectivity index (χ2n) is 7.24. The van der Waals surface area contributed by atoms with Crippen molar-refractivity contribution in [2.24, 2.45) is 0 Å². The molecule has 3 aromatic carbocycles. The Kier molecular flexibility index (Phi) is 6.72. The Labute approximate surface area is 167 Å². The van der Waals surface area contributed by atoms with E-state index in [-0.39, 0.29) is 12.0 Å². The van der Waals surface area contributed by atoms with E-state index in [0.29, 0.717) is 6.61 Å². The summed E-state index contributed by atoms with van der Waals surface area (Å²) < 4.78 is 11.5. The number of hydrogen-bond donors (Lipinski definition) is 1. The molecule has 1 N–H and O–H groups in total. The number of aryl methyl sites for hydroxylation is 1. The predicted molar refractivity (Wildman–Crippen MR) is 113 cm³/mol. The minimum atomic E-state index is -0.305. The molecule has 3 nitrogen and oxygen atoms in total. The number of benzene rings is 3. The molecule has 3 heteroatoms. The fraction of sp³-hybridized carbons (Fsp3) is 0.280. The number of aliphatic hydroxyl groups excluding tert-OH is 1. The summed E-state index contributed by atoms with van der Waals surface area (Å²) in [7, 11) is 0. The van der Waals surface area contributed by atoms with Crippen LogP contribution in [0.2, 0.25) is 0 Å². The van der Waals surface area contributed by atoms with Crippen molar-refractivity contribution in [1.82, 2.24) is 0 Å². The highest BCUT2D eigenvalue weighted by Crippen LogP contribution is 2.31. The molecule has 0 radical (unpaired) electrons. The van der Waals surface area contributed by atoms with E-state index >= 15 is 0 Å². The maximum absolute atomic E-state index is 10.1. The van der Waals surface area contributed by atoms with Crippen LogP contribution >= 0.6 is 0 Å². The van der Waals surface area contributed by atoms with Gasteiger partial charge in [-0.3, -0.25) is 0 Å². The van der Waals surface area contributed by atoms with Crippen molar-refractivity contribution < 1.29 is 14.6 Å². The third-order valence-corrected chi connectivity index (χ3v) is 5.05. The Hall–Kier alpha value is -2.78. The summed E-state index contributed by atoms with van der Waals surface area (Å²) in [6, 6.07) is 26.0. The highest BCUT2D eigenvalue weighted by molar-refractivity contribution is 5.35. The molecule has 0 heterocycles. The van der Waals surface area contributed by atoms with Crippen LogP contribution in [0.1, 0.15) is 31.4 Å². The Balaban J connectivity index is 1.68. The van der Waals surface area contributed by atoms with E-state index in [1.54, 1.807) is 0 Å². The lowest BCUT2D eigenvalue weighted by molar-refractivity contribution is 0.197. The fourth-order valence-corrected chi connectivity index (χ4v) is 3.24. The predicted octanol–water partition coefficient (Wildman–Crippen LogP) is 5.76. The summed E-state index contributed by atoms with van der Waals surface area (Å²) in [6.07, 6.45) is 1.70. The van der Waals surface area contributed by atoms with Crippen LogP contribution in [-0.4, -0.2) is 18.3 Å². The Morgan fingerprint density at radius 2 is 1.54 bits per heavy atom. The van der Waals surface area contributed by atoms with Gasteiger partial charge in [0.05, 0.1) is 13.2 Å². The molecule has 28 heavy (non-hydrogen) atoms. The van der Waals surface area contributed by atoms with Gasteiger partial charge in [-0.25, -0.2) is 0 Å². The van der Waals surface area contributed by atoms with E-state index in [4.69, 9.17) is 9.47 Å². The second-order valence-corrected chi connectivity index (χ2v) is 7.24. The summed E-state index contributed by atoms with van der Waals surface area (Å²) in [6.45, 7) is 4.83. The lowest BCUT2D eigenvalue weighted by Gasteiger charge is -2.28. The first-order valence-corrected chi connectivity index (χ1v) is 9.79. The molecule has 1 atom stereocenters. The van der Waals surface area contributed by atoms with Crippen LogP contribution in [0, 0.1) is 0 Å². The molecular weight excluding hydrogens is 348 g/mol. The molecule has 0 saturated heterocycles. The molecule has 0 aliphatic heterocycles. The first kappa shape index (κ1) is 20.0. The van der Waals surface area contributed by atoms with Crippen molar-refractivity contribution >= 4 is 0 Å². The number of para-hydroxylation sites is 1. The number of ether oxygens (including phenoxy) is 2. The zero-order chi connectivity index (χ0) is 19.8. The van der Waals surface area contributed by atoms with Crippen LogP contribution < -0.4 is 9.47 Å². The summed E-state index contributed by atoms with van der Waals surface area (Å²) in [5.41, 5.74) is 2.01. The van der Waals surface area contributed by atoms with Crippen molar-refractivity contribution in [1.29, 1.82) is 0 Å². The molecule has 146 valence electrons. The van der Waals surface area contributed by atoms with Crippen molar-refractivity contribution in [2.45, 2.75) is 32.1 Å². The third kappa shape index (κ3) is 5.14. The van der Waals surface area contributed by atoms with Crippen LogP contribution in [0.15, 0.2) is 78.9 Å². The number of rotatable bonds is 9. The van der Waals surface area contributed by atoms with Crippen molar-refractivity contribution in [3.63, 3.8) is 0 Å². The van der Waals surface area contributed by atoms with E-state index < -0.39 is 0 Å². The van der Waals surface area contributed by atoms with Gasteiger partial charge in [0.2, 0.25) is 0 Å². The first-order chi connectivity index (χ1) is 13.6. The zero-order valence-corrected chi connectivity index (χ0v) is 16.6. The van der Waals surface area contributed by atoms with E-state index in [2.05, 4.69) is 31.2 Å². The molecule has 3 aromatic rings. The smallest absolute Gasteiger partial charge is 0.127 e. The van der Waals surface area contributed by atoms with E-state index in [9.17, 15) is 5.11 Å². The topological polar surface area (TPSA) is 38.7 Å². The van der Waals surface area contributed by atoms with Crippen LogP contribution in [-0.2, 0) is 11.8 Å². The zero-order valence-electron chi connectivity index (χ0n) is 16.6. The molecule has 3 rings (SSSR count). The Morgan fingerprint density at radius 3 is 2.21 bits per heavy atom. The van der Waals surface area contributed by atoms with Gasteiger partial charge >= 0.3 is 0 Å². The van der Waals surface area contributed by atoms with Gasteiger partial charge in [0.1, 0.15) is 17.2 Å². The number of aliphatic hydroxyl groups is 1. The summed E-state index contributed by atoms with van der Waals surface area (Å²) in [5.74, 6) is 2.52. The minimum absolute atomic E-state index is 0.0984. The fourth-order valence-electron chi connectivity index (χ4n) is 3.24. The van der Waals surface area contributed by atoms with Crippen molar-refractivity contribution in [3.05, 3.63) is 90.0 Å². The van der Waals surface area contributed by atoms with Gasteiger partial charge in [0.25, 0.3) is 0 Å². The maximum Gasteiger partial charge on any atom is 0.127 e. The number of hydrogen-bond acceptors (Lipinski definition) is 3.